The molecule has 0 radical (unpaired) electrons. The number of carbonyl (C=O) groups excluding carboxylic acids is 2. The number of hydrogen-bond donors (Lipinski definition) is 4. The summed E-state index contributed by atoms with van der Waals surface area (Å²) in [7, 11) is 2.98. The fourth-order valence-electron chi connectivity index (χ4n) is 3.25. The van der Waals surface area contributed by atoms with Crippen LogP contribution in [-0.4, -0.2) is 49.3 Å². The fourth-order valence-corrected chi connectivity index (χ4v) is 5.05. The second kappa shape index (κ2) is 11.9. The molecule has 0 aliphatic rings. The van der Waals surface area contributed by atoms with Crippen LogP contribution < -0.4 is 26.4 Å². The van der Waals surface area contributed by atoms with E-state index in [1.54, 1.807) is 23.6 Å². The zero-order valence-electron chi connectivity index (χ0n) is 20.1. The molecule has 3 amide bonds. The highest BCUT2D eigenvalue weighted by atomic mass is 32.1. The number of anilines is 3. The summed E-state index contributed by atoms with van der Waals surface area (Å²) in [6.45, 7) is 0.671. The van der Waals surface area contributed by atoms with Crippen LogP contribution >= 0.6 is 22.7 Å². The van der Waals surface area contributed by atoms with E-state index in [9.17, 15) is 18.4 Å². The Morgan fingerprint density at radius 1 is 1.08 bits per heavy atom. The van der Waals surface area contributed by atoms with Gasteiger partial charge in [-0.2, -0.15) is 0 Å². The summed E-state index contributed by atoms with van der Waals surface area (Å²) in [6.07, 6.45) is 0. The predicted octanol–water partition coefficient (Wildman–Crippen LogP) is 4.82. The second-order valence-electron chi connectivity index (χ2n) is 7.64. The molecule has 0 unspecified atom stereocenters. The van der Waals surface area contributed by atoms with E-state index in [2.05, 4.69) is 25.9 Å². The molecule has 5 N–H and O–H groups in total. The van der Waals surface area contributed by atoms with Gasteiger partial charge in [0.2, 0.25) is 0 Å². The number of nitrogens with two attached hydrogens (primary N) is 1. The van der Waals surface area contributed by atoms with E-state index >= 15 is 0 Å². The zero-order valence-corrected chi connectivity index (χ0v) is 21.8. The summed E-state index contributed by atoms with van der Waals surface area (Å²) in [5.41, 5.74) is 6.23. The second-order valence-corrected chi connectivity index (χ2v) is 9.50. The van der Waals surface area contributed by atoms with Crippen LogP contribution in [0.3, 0.4) is 0 Å². The van der Waals surface area contributed by atoms with Crippen molar-refractivity contribution in [3.8, 4) is 26.9 Å². The van der Waals surface area contributed by atoms with Gasteiger partial charge in [-0.1, -0.05) is 17.4 Å². The highest BCUT2D eigenvalue weighted by Gasteiger charge is 2.20. The van der Waals surface area contributed by atoms with E-state index in [-0.39, 0.29) is 33.5 Å². The van der Waals surface area contributed by atoms with Crippen LogP contribution in [0.5, 0.6) is 5.75 Å². The third kappa shape index (κ3) is 6.22. The summed E-state index contributed by atoms with van der Waals surface area (Å²) >= 11 is 2.26. The molecule has 38 heavy (non-hydrogen) atoms. The molecule has 0 saturated heterocycles. The number of halogens is 2. The Morgan fingerprint density at radius 2 is 1.89 bits per heavy atom. The van der Waals surface area contributed by atoms with Gasteiger partial charge in [0.25, 0.3) is 5.91 Å². The van der Waals surface area contributed by atoms with Crippen LogP contribution in [0.15, 0.2) is 41.8 Å². The summed E-state index contributed by atoms with van der Waals surface area (Å²) in [4.78, 5) is 33.6. The molecule has 14 heteroatoms. The smallest absolute Gasteiger partial charge is 0.321 e. The summed E-state index contributed by atoms with van der Waals surface area (Å²) in [5, 5.41) is 9.89. The number of benzene rings is 2. The minimum Gasteiger partial charge on any atom is -0.497 e. The average Bonchev–Trinajstić information content (AvgIpc) is 3.52. The Bertz CT molecular complexity index is 1480. The fraction of sp³-hybridized carbons (Fsp3) is 0.167. The highest BCUT2D eigenvalue weighted by molar-refractivity contribution is 7.23. The third-order valence-corrected chi connectivity index (χ3v) is 7.06. The van der Waals surface area contributed by atoms with E-state index in [4.69, 9.17) is 15.2 Å². The molecular formula is C24H22F2N6O4S2. The molecular weight excluding hydrogens is 538 g/mol. The number of nitrogen functional groups attached to an aromatic ring is 1. The lowest BCUT2D eigenvalue weighted by atomic mass is 10.1. The largest absolute Gasteiger partial charge is 0.497 e. The monoisotopic (exact) mass is 560 g/mol. The zero-order chi connectivity index (χ0) is 27.2. The number of thiazole rings is 2. The van der Waals surface area contributed by atoms with Crippen molar-refractivity contribution < 1.29 is 27.8 Å². The molecule has 10 nitrogen and oxygen atoms in total. The predicted molar refractivity (Wildman–Crippen MR) is 143 cm³/mol. The Hall–Kier alpha value is -4.14. The first-order chi connectivity index (χ1) is 18.3. The number of hydrogen-bond acceptors (Lipinski definition) is 9. The molecule has 2 aromatic carbocycles. The molecule has 0 aliphatic carbocycles. The maximum Gasteiger partial charge on any atom is 0.321 e. The number of aromatic nitrogens is 2. The van der Waals surface area contributed by atoms with Gasteiger partial charge in [0, 0.05) is 36.2 Å². The van der Waals surface area contributed by atoms with Crippen LogP contribution in [-0.2, 0) is 4.74 Å². The number of carbonyl (C=O) groups is 2. The molecule has 2 aromatic heterocycles. The van der Waals surface area contributed by atoms with E-state index in [1.807, 2.05) is 0 Å². The average molecular weight is 561 g/mol. The standard InChI is InChI=1S/C24H22F2N6O4S2/c1-35-7-6-28-23(34)32-24-31-20(27)19(38-24)22-30-18(11-37-22)14-9-17(16(26)10-15(14)25)29-21(33)12-4-3-5-13(8-12)36-2/h3-5,8-11H,6-7,27H2,1-2H3,(H,29,33)(H2,28,31,32,34). The van der Waals surface area contributed by atoms with Gasteiger partial charge >= 0.3 is 6.03 Å². The van der Waals surface area contributed by atoms with Gasteiger partial charge in [-0.05, 0) is 24.3 Å². The van der Waals surface area contributed by atoms with Crippen molar-refractivity contribution >= 4 is 51.2 Å². The number of urea groups is 1. The number of amides is 3. The minimum atomic E-state index is -0.941. The Kier molecular flexibility index (Phi) is 8.45. The van der Waals surface area contributed by atoms with Gasteiger partial charge in [-0.3, -0.25) is 10.1 Å². The number of nitrogens with zero attached hydrogens (tertiary/aromatic N) is 2. The van der Waals surface area contributed by atoms with Gasteiger partial charge in [0.05, 0.1) is 25.1 Å². The van der Waals surface area contributed by atoms with Crippen molar-refractivity contribution in [3.63, 3.8) is 0 Å². The lowest BCUT2D eigenvalue weighted by Gasteiger charge is -2.10. The Labute approximate surface area is 223 Å². The van der Waals surface area contributed by atoms with Crippen molar-refractivity contribution in [3.05, 3.63) is 59.0 Å². The van der Waals surface area contributed by atoms with E-state index in [0.29, 0.717) is 34.9 Å². The van der Waals surface area contributed by atoms with Gasteiger partial charge < -0.3 is 25.8 Å². The normalized spacial score (nSPS) is 10.7. The highest BCUT2D eigenvalue weighted by Crippen LogP contribution is 2.39. The van der Waals surface area contributed by atoms with Crippen molar-refractivity contribution in [1.29, 1.82) is 0 Å². The third-order valence-electron chi connectivity index (χ3n) is 5.08. The Balaban J connectivity index is 1.54. The van der Waals surface area contributed by atoms with Gasteiger partial charge in [0.15, 0.2) is 5.13 Å². The first kappa shape index (κ1) is 26.9. The van der Waals surface area contributed by atoms with Crippen molar-refractivity contribution in [2.24, 2.45) is 0 Å². The first-order valence-corrected chi connectivity index (χ1v) is 12.7. The number of nitrogens with one attached hydrogen (secondary N) is 3. The lowest BCUT2D eigenvalue weighted by Crippen LogP contribution is -2.31. The molecule has 0 aliphatic heterocycles. The quantitative estimate of drug-likeness (QED) is 0.215. The molecule has 0 fully saturated rings. The molecule has 2 heterocycles. The number of methoxy groups -OCH3 is 2. The van der Waals surface area contributed by atoms with Crippen LogP contribution in [0.25, 0.3) is 21.1 Å². The molecule has 0 spiro atoms. The maximum atomic E-state index is 14.7. The molecule has 198 valence electrons. The topological polar surface area (TPSA) is 140 Å². The molecule has 4 rings (SSSR count). The van der Waals surface area contributed by atoms with E-state index in [0.717, 1.165) is 11.3 Å². The first-order valence-electron chi connectivity index (χ1n) is 11.0. The van der Waals surface area contributed by atoms with Gasteiger partial charge in [-0.25, -0.2) is 23.5 Å². The SMILES string of the molecule is COCCNC(=O)Nc1nc(N)c(-c2nc(-c3cc(NC(=O)c4cccc(OC)c4)c(F)cc3F)cs2)s1. The molecule has 0 atom stereocenters. The van der Waals surface area contributed by atoms with Crippen molar-refractivity contribution in [2.45, 2.75) is 0 Å². The molecule has 4 aromatic rings. The summed E-state index contributed by atoms with van der Waals surface area (Å²) in [5.74, 6) is -1.80. The number of ether oxygens (including phenoxy) is 2. The van der Waals surface area contributed by atoms with Crippen LogP contribution in [0.4, 0.5) is 30.2 Å². The summed E-state index contributed by atoms with van der Waals surface area (Å²) in [6, 6.07) is 7.71. The lowest BCUT2D eigenvalue weighted by molar-refractivity contribution is 0.102. The molecule has 0 bridgehead atoms. The number of rotatable bonds is 9. The van der Waals surface area contributed by atoms with E-state index < -0.39 is 23.6 Å². The van der Waals surface area contributed by atoms with Gasteiger partial charge in [0.1, 0.15) is 33.1 Å². The van der Waals surface area contributed by atoms with Crippen molar-refractivity contribution in [2.75, 3.05) is 43.7 Å². The van der Waals surface area contributed by atoms with Gasteiger partial charge in [-0.15, -0.1) is 11.3 Å². The molecule has 0 saturated carbocycles. The Morgan fingerprint density at radius 3 is 2.66 bits per heavy atom. The van der Waals surface area contributed by atoms with Crippen LogP contribution in [0.2, 0.25) is 0 Å². The summed E-state index contributed by atoms with van der Waals surface area (Å²) < 4.78 is 39.3. The van der Waals surface area contributed by atoms with Crippen LogP contribution in [0, 0.1) is 11.6 Å². The minimum absolute atomic E-state index is 0.0196. The van der Waals surface area contributed by atoms with Crippen LogP contribution in [0.1, 0.15) is 10.4 Å². The van der Waals surface area contributed by atoms with Crippen molar-refractivity contribution in [1.82, 2.24) is 15.3 Å². The maximum absolute atomic E-state index is 14.7. The van der Waals surface area contributed by atoms with E-state index in [1.165, 1.54) is 37.7 Å².